The van der Waals surface area contributed by atoms with Gasteiger partial charge in [-0.25, -0.2) is 0 Å². The molecule has 0 saturated carbocycles. The number of aromatic nitrogens is 1. The third kappa shape index (κ3) is 3.19. The smallest absolute Gasteiger partial charge is 0.152 e. The van der Waals surface area contributed by atoms with Crippen molar-refractivity contribution in [3.63, 3.8) is 0 Å². The number of carbonyl (C=O) groups is 1. The van der Waals surface area contributed by atoms with Crippen molar-refractivity contribution in [3.05, 3.63) is 58.9 Å². The maximum Gasteiger partial charge on any atom is 0.152 e. The van der Waals surface area contributed by atoms with Gasteiger partial charge in [0.1, 0.15) is 0 Å². The molecule has 0 aliphatic heterocycles. The van der Waals surface area contributed by atoms with E-state index in [0.29, 0.717) is 6.54 Å². The van der Waals surface area contributed by atoms with Gasteiger partial charge in [0, 0.05) is 24.0 Å². The van der Waals surface area contributed by atoms with Crippen molar-refractivity contribution in [2.45, 2.75) is 20.4 Å². The van der Waals surface area contributed by atoms with Crippen LogP contribution in [0.1, 0.15) is 27.3 Å². The van der Waals surface area contributed by atoms with Crippen LogP contribution in [0.15, 0.2) is 36.4 Å². The number of aldehydes is 1. The highest BCUT2D eigenvalue weighted by Gasteiger charge is 2.08. The molecule has 19 heavy (non-hydrogen) atoms. The second kappa shape index (κ2) is 5.65. The summed E-state index contributed by atoms with van der Waals surface area (Å²) in [6.45, 7) is 4.65. The van der Waals surface area contributed by atoms with Gasteiger partial charge in [-0.15, -0.1) is 0 Å². The lowest BCUT2D eigenvalue weighted by Crippen LogP contribution is -2.19. The number of hydrogen-bond acceptors (Lipinski definition) is 3. The van der Waals surface area contributed by atoms with Crippen LogP contribution in [-0.2, 0) is 6.54 Å². The second-order valence-electron chi connectivity index (χ2n) is 4.81. The fourth-order valence-corrected chi connectivity index (χ4v) is 2.13. The number of benzene rings is 1. The summed E-state index contributed by atoms with van der Waals surface area (Å²) in [7, 11) is 1.97. The van der Waals surface area contributed by atoms with Crippen molar-refractivity contribution < 1.29 is 4.79 Å². The first-order valence-electron chi connectivity index (χ1n) is 6.29. The van der Waals surface area contributed by atoms with Crippen LogP contribution in [0.4, 0.5) is 5.69 Å². The van der Waals surface area contributed by atoms with Gasteiger partial charge in [0.25, 0.3) is 0 Å². The highest BCUT2D eigenvalue weighted by atomic mass is 16.1. The molecule has 0 radical (unpaired) electrons. The van der Waals surface area contributed by atoms with Crippen molar-refractivity contribution in [1.82, 2.24) is 4.98 Å². The lowest BCUT2D eigenvalue weighted by Gasteiger charge is -2.21. The zero-order valence-corrected chi connectivity index (χ0v) is 11.6. The van der Waals surface area contributed by atoms with Crippen molar-refractivity contribution in [3.8, 4) is 0 Å². The van der Waals surface area contributed by atoms with E-state index >= 15 is 0 Å². The first-order valence-corrected chi connectivity index (χ1v) is 6.29. The maximum absolute atomic E-state index is 11.1. The molecule has 0 atom stereocenters. The molecule has 0 N–H and O–H groups in total. The van der Waals surface area contributed by atoms with E-state index in [1.807, 2.05) is 62.2 Å². The summed E-state index contributed by atoms with van der Waals surface area (Å²) in [5.74, 6) is 0. The van der Waals surface area contributed by atoms with Crippen molar-refractivity contribution in [1.29, 1.82) is 0 Å². The van der Waals surface area contributed by atoms with Gasteiger partial charge in [0.2, 0.25) is 0 Å². The number of carbonyl (C=O) groups excluding carboxylic acids is 1. The lowest BCUT2D eigenvalue weighted by molar-refractivity contribution is 0.112. The Balaban J connectivity index is 2.24. The Hall–Kier alpha value is -2.16. The molecular weight excluding hydrogens is 236 g/mol. The largest absolute Gasteiger partial charge is 0.368 e. The molecule has 0 saturated heterocycles. The Morgan fingerprint density at radius 3 is 2.68 bits per heavy atom. The van der Waals surface area contributed by atoms with Crippen LogP contribution >= 0.6 is 0 Å². The number of aryl methyl sites for hydroxylation is 2. The molecule has 2 rings (SSSR count). The van der Waals surface area contributed by atoms with Crippen LogP contribution in [0.5, 0.6) is 0 Å². The van der Waals surface area contributed by atoms with E-state index in [2.05, 4.69) is 4.98 Å². The normalized spacial score (nSPS) is 10.3. The first kappa shape index (κ1) is 13.3. The molecule has 0 fully saturated rings. The standard InChI is InChI=1S/C16H18N2O/c1-12-7-8-16(14(9-12)11-19)18(3)10-15-6-4-5-13(2)17-15/h4-9,11H,10H2,1-3H3. The molecule has 0 unspecified atom stereocenters. The van der Waals surface area contributed by atoms with Crippen LogP contribution < -0.4 is 4.90 Å². The third-order valence-electron chi connectivity index (χ3n) is 3.07. The van der Waals surface area contributed by atoms with Crippen molar-refractivity contribution in [2.75, 3.05) is 11.9 Å². The summed E-state index contributed by atoms with van der Waals surface area (Å²) >= 11 is 0. The zero-order valence-electron chi connectivity index (χ0n) is 11.6. The van der Waals surface area contributed by atoms with E-state index in [1.54, 1.807) is 0 Å². The average Bonchev–Trinajstić information content (AvgIpc) is 2.38. The Morgan fingerprint density at radius 1 is 1.21 bits per heavy atom. The quantitative estimate of drug-likeness (QED) is 0.786. The molecule has 0 bridgehead atoms. The van der Waals surface area contributed by atoms with E-state index < -0.39 is 0 Å². The van der Waals surface area contributed by atoms with Gasteiger partial charge < -0.3 is 4.90 Å². The second-order valence-corrected chi connectivity index (χ2v) is 4.81. The fraction of sp³-hybridized carbons (Fsp3) is 0.250. The van der Waals surface area contributed by atoms with Crippen LogP contribution in [0, 0.1) is 13.8 Å². The Bertz CT molecular complexity index is 593. The minimum atomic E-state index is 0.686. The van der Waals surface area contributed by atoms with Gasteiger partial charge in [-0.2, -0.15) is 0 Å². The molecule has 2 aromatic rings. The summed E-state index contributed by atoms with van der Waals surface area (Å²) in [6, 6.07) is 11.9. The van der Waals surface area contributed by atoms with Crippen LogP contribution in [0.3, 0.4) is 0 Å². The molecule has 0 amide bonds. The minimum Gasteiger partial charge on any atom is -0.368 e. The van der Waals surface area contributed by atoms with E-state index in [4.69, 9.17) is 0 Å². The predicted octanol–water partition coefficient (Wildman–Crippen LogP) is 3.15. The highest BCUT2D eigenvalue weighted by Crippen LogP contribution is 2.20. The number of rotatable bonds is 4. The van der Waals surface area contributed by atoms with Crippen molar-refractivity contribution in [2.24, 2.45) is 0 Å². The molecule has 0 spiro atoms. The average molecular weight is 254 g/mol. The molecule has 1 aromatic carbocycles. The molecular formula is C16H18N2O. The highest BCUT2D eigenvalue weighted by molar-refractivity contribution is 5.84. The Kier molecular flexibility index (Phi) is 3.95. The summed E-state index contributed by atoms with van der Waals surface area (Å²) in [4.78, 5) is 17.7. The minimum absolute atomic E-state index is 0.686. The van der Waals surface area contributed by atoms with Gasteiger partial charge in [0.05, 0.1) is 12.2 Å². The number of anilines is 1. The Labute approximate surface area is 113 Å². The Morgan fingerprint density at radius 2 is 2.00 bits per heavy atom. The number of nitrogens with zero attached hydrogens (tertiary/aromatic N) is 2. The zero-order chi connectivity index (χ0) is 13.8. The summed E-state index contributed by atoms with van der Waals surface area (Å²) in [5.41, 5.74) is 4.75. The molecule has 3 nitrogen and oxygen atoms in total. The van der Waals surface area contributed by atoms with Crippen LogP contribution in [0.2, 0.25) is 0 Å². The van der Waals surface area contributed by atoms with Crippen LogP contribution in [0.25, 0.3) is 0 Å². The van der Waals surface area contributed by atoms with Crippen LogP contribution in [-0.4, -0.2) is 18.3 Å². The van der Waals surface area contributed by atoms with E-state index in [9.17, 15) is 4.79 Å². The van der Waals surface area contributed by atoms with Gasteiger partial charge >= 0.3 is 0 Å². The molecule has 0 aliphatic rings. The van der Waals surface area contributed by atoms with Gasteiger partial charge in [-0.05, 0) is 38.1 Å². The maximum atomic E-state index is 11.1. The monoisotopic (exact) mass is 254 g/mol. The third-order valence-corrected chi connectivity index (χ3v) is 3.07. The number of hydrogen-bond donors (Lipinski definition) is 0. The predicted molar refractivity (Wildman–Crippen MR) is 77.6 cm³/mol. The molecule has 1 heterocycles. The van der Waals surface area contributed by atoms with Gasteiger partial charge in [-0.1, -0.05) is 17.7 Å². The molecule has 3 heteroatoms. The summed E-state index contributed by atoms with van der Waals surface area (Å²) < 4.78 is 0. The SMILES string of the molecule is Cc1ccc(N(C)Cc2cccc(C)n2)c(C=O)c1. The van der Waals surface area contributed by atoms with Gasteiger partial charge in [-0.3, -0.25) is 9.78 Å². The lowest BCUT2D eigenvalue weighted by atomic mass is 10.1. The van der Waals surface area contributed by atoms with Gasteiger partial charge in [0.15, 0.2) is 6.29 Å². The molecule has 0 aliphatic carbocycles. The first-order chi connectivity index (χ1) is 9.10. The summed E-state index contributed by atoms with van der Waals surface area (Å²) in [6.07, 6.45) is 0.905. The topological polar surface area (TPSA) is 33.2 Å². The summed E-state index contributed by atoms with van der Waals surface area (Å²) in [5, 5.41) is 0. The fourth-order valence-electron chi connectivity index (χ4n) is 2.13. The molecule has 98 valence electrons. The van der Waals surface area contributed by atoms with E-state index in [0.717, 1.165) is 34.5 Å². The van der Waals surface area contributed by atoms with E-state index in [-0.39, 0.29) is 0 Å². The van der Waals surface area contributed by atoms with E-state index in [1.165, 1.54) is 0 Å². The molecule has 1 aromatic heterocycles. The van der Waals surface area contributed by atoms with Crippen molar-refractivity contribution >= 4 is 12.0 Å². The number of pyridine rings is 1.